The highest BCUT2D eigenvalue weighted by molar-refractivity contribution is 8.76. The number of rotatable bonds is 17. The van der Waals surface area contributed by atoms with Crippen molar-refractivity contribution in [1.29, 1.82) is 0 Å². The molecule has 54 heavy (non-hydrogen) atoms. The highest BCUT2D eigenvalue weighted by Gasteiger charge is 2.44. The van der Waals surface area contributed by atoms with E-state index in [4.69, 9.17) is 11.5 Å². The van der Waals surface area contributed by atoms with E-state index in [1.165, 1.54) is 77.3 Å². The van der Waals surface area contributed by atoms with E-state index < -0.39 is 0 Å². The van der Waals surface area contributed by atoms with E-state index in [9.17, 15) is 9.59 Å². The van der Waals surface area contributed by atoms with E-state index in [0.29, 0.717) is 24.2 Å². The molecule has 2 aromatic carbocycles. The number of carbonyl (C=O) groups excluding carboxylic acids is 2. The van der Waals surface area contributed by atoms with Crippen molar-refractivity contribution < 1.29 is 9.59 Å². The van der Waals surface area contributed by atoms with Crippen LogP contribution in [0.1, 0.15) is 149 Å². The fourth-order valence-electron chi connectivity index (χ4n) is 11.7. The highest BCUT2D eigenvalue weighted by atomic mass is 33.1. The van der Waals surface area contributed by atoms with Gasteiger partial charge in [-0.15, -0.1) is 0 Å². The molecule has 0 aromatic heterocycles. The molecule has 0 unspecified atom stereocenters. The Bertz CT molecular complexity index is 1400. The molecule has 2 saturated carbocycles. The first kappa shape index (κ1) is 38.5. The zero-order valence-electron chi connectivity index (χ0n) is 32.4. The highest BCUT2D eigenvalue weighted by Crippen LogP contribution is 2.54. The summed E-state index contributed by atoms with van der Waals surface area (Å²) < 4.78 is 0. The smallest absolute Gasteiger partial charge is 0.315 e. The quantitative estimate of drug-likeness (QED) is 0.123. The number of primary amides is 2. The second-order valence-corrected chi connectivity index (χ2v) is 20.0. The standard InChI is InChI=1S/C44H64N6O2S2/c45-43(51)47(33-15-11-31(12-16-33)23-27-49-39-19-20-40(49)36-8-2-1-7-35(36)39)25-5-29-53-54-30-6-26-48(44(46)52)34-17-13-32(14-18-34)24-28-50-41-21-22-42(50)38-10-4-3-9-37(38)41/h1-4,7-10,31-34,39-42H,5-6,11-30H2,(H2,45,51)(H2,46,52)/t31?,32?,33?,34?,39-,40+,41-,42+. The number of urea groups is 2. The Balaban J connectivity index is 0.672. The average molecular weight is 773 g/mol. The molecule has 2 saturated heterocycles. The van der Waals surface area contributed by atoms with Crippen molar-refractivity contribution in [2.45, 2.75) is 139 Å². The van der Waals surface area contributed by atoms with Crippen LogP contribution in [-0.2, 0) is 0 Å². The molecule has 2 aliphatic carbocycles. The van der Waals surface area contributed by atoms with E-state index in [-0.39, 0.29) is 24.1 Å². The maximum Gasteiger partial charge on any atom is 0.315 e. The molecule has 2 aromatic rings. The lowest BCUT2D eigenvalue weighted by molar-refractivity contribution is 0.138. The number of nitrogens with two attached hydrogens (primary N) is 2. The lowest BCUT2D eigenvalue weighted by Gasteiger charge is -2.37. The van der Waals surface area contributed by atoms with Gasteiger partial charge in [-0.3, -0.25) is 9.80 Å². The van der Waals surface area contributed by atoms with Gasteiger partial charge < -0.3 is 21.3 Å². The summed E-state index contributed by atoms with van der Waals surface area (Å²) in [7, 11) is 3.76. The maximum atomic E-state index is 12.5. The Morgan fingerprint density at radius 1 is 0.537 bits per heavy atom. The molecule has 8 nitrogen and oxygen atoms in total. The Labute approximate surface area is 332 Å². The third kappa shape index (κ3) is 8.33. The van der Waals surface area contributed by atoms with Crippen molar-refractivity contribution in [3.05, 3.63) is 70.8 Å². The summed E-state index contributed by atoms with van der Waals surface area (Å²) in [6, 6.07) is 20.8. The van der Waals surface area contributed by atoms with E-state index in [1.807, 2.05) is 31.4 Å². The van der Waals surface area contributed by atoms with Gasteiger partial charge in [0.25, 0.3) is 0 Å². The number of carbonyl (C=O) groups is 2. The molecule has 4 fully saturated rings. The zero-order valence-corrected chi connectivity index (χ0v) is 34.0. The lowest BCUT2D eigenvalue weighted by atomic mass is 9.83. The average Bonchev–Trinajstić information content (AvgIpc) is 3.96. The van der Waals surface area contributed by atoms with Crippen LogP contribution in [0.2, 0.25) is 0 Å². The molecule has 0 radical (unpaired) electrons. The van der Waals surface area contributed by atoms with Crippen LogP contribution in [0.15, 0.2) is 48.5 Å². The first-order valence-corrected chi connectivity index (χ1v) is 24.0. The maximum absolute atomic E-state index is 12.5. The minimum atomic E-state index is -0.257. The predicted octanol–water partition coefficient (Wildman–Crippen LogP) is 9.59. The number of amides is 4. The van der Waals surface area contributed by atoms with Crippen molar-refractivity contribution >= 4 is 33.7 Å². The van der Waals surface area contributed by atoms with E-state index in [2.05, 4.69) is 58.3 Å². The summed E-state index contributed by atoms with van der Waals surface area (Å²) in [6.07, 6.45) is 18.8. The minimum absolute atomic E-state index is 0.257. The van der Waals surface area contributed by atoms with Crippen LogP contribution < -0.4 is 11.5 Å². The van der Waals surface area contributed by atoms with Crippen molar-refractivity contribution in [2.75, 3.05) is 37.7 Å². The fraction of sp³-hybridized carbons (Fsp3) is 0.682. The first-order chi connectivity index (χ1) is 26.5. The Morgan fingerprint density at radius 2 is 0.870 bits per heavy atom. The molecule has 294 valence electrons. The number of hydrogen-bond acceptors (Lipinski definition) is 6. The van der Waals surface area contributed by atoms with Crippen LogP contribution >= 0.6 is 21.6 Å². The zero-order chi connectivity index (χ0) is 37.0. The van der Waals surface area contributed by atoms with Crippen molar-refractivity contribution in [3.63, 3.8) is 0 Å². The van der Waals surface area contributed by atoms with Crippen LogP contribution in [0.3, 0.4) is 0 Å². The number of nitrogens with zero attached hydrogens (tertiary/aromatic N) is 4. The summed E-state index contributed by atoms with van der Waals surface area (Å²) >= 11 is 0. The summed E-state index contributed by atoms with van der Waals surface area (Å²) in [5.41, 5.74) is 18.1. The molecule has 0 spiro atoms. The Morgan fingerprint density at radius 3 is 1.19 bits per heavy atom. The van der Waals surface area contributed by atoms with Crippen LogP contribution in [0.5, 0.6) is 0 Å². The van der Waals surface area contributed by atoms with Crippen molar-refractivity contribution in [1.82, 2.24) is 19.6 Å². The second-order valence-electron chi connectivity index (χ2n) is 17.3. The largest absolute Gasteiger partial charge is 0.351 e. The Hall–Kier alpha value is -2.40. The first-order valence-electron chi connectivity index (χ1n) is 21.5. The molecule has 4 aliphatic heterocycles. The molecular weight excluding hydrogens is 709 g/mol. The molecule has 4 N–H and O–H groups in total. The molecule has 4 heterocycles. The van der Waals surface area contributed by atoms with Gasteiger partial charge in [-0.2, -0.15) is 0 Å². The van der Waals surface area contributed by atoms with Gasteiger partial charge in [-0.25, -0.2) is 9.59 Å². The molecule has 4 atom stereocenters. The topological polar surface area (TPSA) is 99.1 Å². The third-order valence-corrected chi connectivity index (χ3v) is 17.0. The van der Waals surface area contributed by atoms with Gasteiger partial charge in [0.2, 0.25) is 0 Å². The van der Waals surface area contributed by atoms with Crippen molar-refractivity contribution in [2.24, 2.45) is 23.3 Å². The number of benzene rings is 2. The van der Waals surface area contributed by atoms with Crippen LogP contribution in [0.25, 0.3) is 0 Å². The monoisotopic (exact) mass is 772 g/mol. The van der Waals surface area contributed by atoms with E-state index in [0.717, 1.165) is 75.0 Å². The fourth-order valence-corrected chi connectivity index (χ4v) is 13.9. The predicted molar refractivity (Wildman–Crippen MR) is 223 cm³/mol. The van der Waals surface area contributed by atoms with E-state index >= 15 is 0 Å². The summed E-state index contributed by atoms with van der Waals surface area (Å²) in [6.45, 7) is 3.90. The van der Waals surface area contributed by atoms with Crippen molar-refractivity contribution in [3.8, 4) is 0 Å². The Kier molecular flexibility index (Phi) is 12.7. The SMILES string of the molecule is NC(=O)N(CCCSSCCCN(C(N)=O)C1CCC(CCN2[C@@H]3CC[C@H]2c2ccccc23)CC1)C1CCC(CCN2[C@@H]3CC[C@H]2c2ccccc23)CC1. The van der Waals surface area contributed by atoms with Gasteiger partial charge >= 0.3 is 12.1 Å². The number of hydrogen-bond donors (Lipinski definition) is 2. The number of fused-ring (bicyclic) bond motifs is 10. The molecule has 4 bridgehead atoms. The molecule has 4 amide bonds. The van der Waals surface area contributed by atoms with Gasteiger partial charge in [0, 0.05) is 60.8 Å². The van der Waals surface area contributed by atoms with Crippen LogP contribution in [0, 0.1) is 11.8 Å². The summed E-state index contributed by atoms with van der Waals surface area (Å²) in [5, 5.41) is 0. The third-order valence-electron chi connectivity index (χ3n) is 14.5. The van der Waals surface area contributed by atoms with Gasteiger partial charge in [-0.1, -0.05) is 70.1 Å². The molecule has 10 heteroatoms. The normalized spacial score (nSPS) is 30.0. The molecular formula is C44H64N6O2S2. The van der Waals surface area contributed by atoms with Crippen LogP contribution in [0.4, 0.5) is 9.59 Å². The second kappa shape index (κ2) is 17.8. The van der Waals surface area contributed by atoms with Gasteiger partial charge in [0.15, 0.2) is 0 Å². The molecule has 8 rings (SSSR count). The lowest BCUT2D eigenvalue weighted by Crippen LogP contribution is -2.46. The van der Waals surface area contributed by atoms with E-state index in [1.54, 1.807) is 22.3 Å². The van der Waals surface area contributed by atoms with Gasteiger partial charge in [0.05, 0.1) is 0 Å². The summed E-state index contributed by atoms with van der Waals surface area (Å²) in [4.78, 5) is 34.4. The summed E-state index contributed by atoms with van der Waals surface area (Å²) in [5.74, 6) is 3.51. The van der Waals surface area contributed by atoms with Gasteiger partial charge in [0.1, 0.15) is 0 Å². The van der Waals surface area contributed by atoms with Crippen LogP contribution in [-0.4, -0.2) is 81.4 Å². The minimum Gasteiger partial charge on any atom is -0.351 e. The molecule has 6 aliphatic rings. The van der Waals surface area contributed by atoms with Gasteiger partial charge in [-0.05, 0) is 150 Å².